The maximum Gasteiger partial charge on any atom is 0.387 e. The number of halogens is 2. The number of nitriles is 1. The van der Waals surface area contributed by atoms with Gasteiger partial charge >= 0.3 is 12.6 Å². The molecule has 1 aromatic carbocycles. The fourth-order valence-corrected chi connectivity index (χ4v) is 1.29. The van der Waals surface area contributed by atoms with Crippen LogP contribution in [0, 0.1) is 11.3 Å². The minimum absolute atomic E-state index is 0.0510. The highest BCUT2D eigenvalue weighted by Crippen LogP contribution is 2.18. The van der Waals surface area contributed by atoms with Crippen molar-refractivity contribution in [2.45, 2.75) is 13.5 Å². The molecule has 19 heavy (non-hydrogen) atoms. The fourth-order valence-electron chi connectivity index (χ4n) is 1.29. The van der Waals surface area contributed by atoms with Crippen LogP contribution in [0.4, 0.5) is 8.78 Å². The molecule has 0 radical (unpaired) electrons. The molecule has 0 aliphatic carbocycles. The summed E-state index contributed by atoms with van der Waals surface area (Å²) in [6.07, 6.45) is 1.25. The van der Waals surface area contributed by atoms with Gasteiger partial charge in [0.2, 0.25) is 0 Å². The summed E-state index contributed by atoms with van der Waals surface area (Å²) >= 11 is 0. The molecule has 0 unspecified atom stereocenters. The molecule has 0 amide bonds. The molecule has 1 aromatic rings. The number of esters is 1. The van der Waals surface area contributed by atoms with E-state index in [2.05, 4.69) is 9.47 Å². The van der Waals surface area contributed by atoms with Crippen molar-refractivity contribution in [3.05, 3.63) is 35.4 Å². The Kier molecular flexibility index (Phi) is 5.48. The lowest BCUT2D eigenvalue weighted by molar-refractivity contribution is -0.137. The molecule has 0 aliphatic heterocycles. The Balaban J connectivity index is 2.96. The second-order valence-corrected chi connectivity index (χ2v) is 3.34. The maximum atomic E-state index is 12.0. The summed E-state index contributed by atoms with van der Waals surface area (Å²) in [5.74, 6) is -0.810. The number of rotatable bonds is 5. The van der Waals surface area contributed by atoms with Crippen LogP contribution in [-0.4, -0.2) is 19.2 Å². The van der Waals surface area contributed by atoms with E-state index in [-0.39, 0.29) is 17.9 Å². The zero-order valence-corrected chi connectivity index (χ0v) is 10.1. The summed E-state index contributed by atoms with van der Waals surface area (Å²) in [5.41, 5.74) is 0.179. The Morgan fingerprint density at radius 1 is 1.53 bits per heavy atom. The monoisotopic (exact) mass is 267 g/mol. The quantitative estimate of drug-likeness (QED) is 0.467. The predicted molar refractivity (Wildman–Crippen MR) is 63.3 cm³/mol. The van der Waals surface area contributed by atoms with Gasteiger partial charge in [0.05, 0.1) is 6.61 Å². The van der Waals surface area contributed by atoms with Gasteiger partial charge in [-0.05, 0) is 30.7 Å². The van der Waals surface area contributed by atoms with Crippen LogP contribution in [0.2, 0.25) is 0 Å². The second-order valence-electron chi connectivity index (χ2n) is 3.34. The third-order valence-electron chi connectivity index (χ3n) is 2.01. The van der Waals surface area contributed by atoms with E-state index in [1.807, 2.05) is 0 Å². The van der Waals surface area contributed by atoms with Crippen LogP contribution in [0.3, 0.4) is 0 Å². The van der Waals surface area contributed by atoms with E-state index in [0.29, 0.717) is 5.56 Å². The number of carbonyl (C=O) groups is 1. The van der Waals surface area contributed by atoms with Crippen molar-refractivity contribution in [3.8, 4) is 11.8 Å². The Morgan fingerprint density at radius 2 is 2.26 bits per heavy atom. The molecule has 0 saturated carbocycles. The summed E-state index contributed by atoms with van der Waals surface area (Å²) in [4.78, 5) is 11.4. The number of ether oxygens (including phenoxy) is 2. The molecule has 0 aliphatic rings. The van der Waals surface area contributed by atoms with Crippen LogP contribution in [-0.2, 0) is 9.53 Å². The van der Waals surface area contributed by atoms with Gasteiger partial charge in [0, 0.05) is 0 Å². The molecular formula is C13H11F2NO3. The normalized spacial score (nSPS) is 11.0. The van der Waals surface area contributed by atoms with E-state index in [9.17, 15) is 13.6 Å². The van der Waals surface area contributed by atoms with Crippen LogP contribution in [0.1, 0.15) is 12.5 Å². The van der Waals surface area contributed by atoms with Gasteiger partial charge in [0.25, 0.3) is 0 Å². The number of benzene rings is 1. The van der Waals surface area contributed by atoms with Gasteiger partial charge in [-0.25, -0.2) is 4.79 Å². The largest absolute Gasteiger partial charge is 0.462 e. The first-order chi connectivity index (χ1) is 9.06. The Labute approximate surface area is 108 Å². The number of carbonyl (C=O) groups excluding carboxylic acids is 1. The Bertz CT molecular complexity index is 521. The van der Waals surface area contributed by atoms with E-state index >= 15 is 0 Å². The highest BCUT2D eigenvalue weighted by atomic mass is 19.3. The summed E-state index contributed by atoms with van der Waals surface area (Å²) in [6.45, 7) is -1.17. The van der Waals surface area contributed by atoms with Gasteiger partial charge in [-0.1, -0.05) is 12.1 Å². The molecule has 0 atom stereocenters. The first kappa shape index (κ1) is 14.6. The molecular weight excluding hydrogens is 256 g/mol. The predicted octanol–water partition coefficient (Wildman–Crippen LogP) is 2.76. The van der Waals surface area contributed by atoms with Crippen LogP contribution >= 0.6 is 0 Å². The zero-order chi connectivity index (χ0) is 14.3. The third-order valence-corrected chi connectivity index (χ3v) is 2.01. The highest BCUT2D eigenvalue weighted by Gasteiger charge is 2.10. The van der Waals surface area contributed by atoms with E-state index in [0.717, 1.165) is 0 Å². The topological polar surface area (TPSA) is 59.3 Å². The smallest absolute Gasteiger partial charge is 0.387 e. The average molecular weight is 267 g/mol. The number of nitrogens with zero attached hydrogens (tertiary/aromatic N) is 1. The van der Waals surface area contributed by atoms with Crippen molar-refractivity contribution >= 4 is 12.0 Å². The van der Waals surface area contributed by atoms with Crippen molar-refractivity contribution in [1.82, 2.24) is 0 Å². The van der Waals surface area contributed by atoms with Gasteiger partial charge in [0.15, 0.2) is 0 Å². The number of hydrogen-bond acceptors (Lipinski definition) is 4. The second kappa shape index (κ2) is 7.11. The molecule has 4 nitrogen and oxygen atoms in total. The molecule has 0 N–H and O–H groups in total. The van der Waals surface area contributed by atoms with Gasteiger partial charge in [-0.2, -0.15) is 14.0 Å². The van der Waals surface area contributed by atoms with Gasteiger partial charge in [-0.15, -0.1) is 0 Å². The average Bonchev–Trinajstić information content (AvgIpc) is 2.35. The lowest BCUT2D eigenvalue weighted by atomic mass is 10.1. The Hall–Kier alpha value is -2.42. The van der Waals surface area contributed by atoms with Gasteiger partial charge < -0.3 is 9.47 Å². The summed E-state index contributed by atoms with van der Waals surface area (Å²) < 4.78 is 33.0. The van der Waals surface area contributed by atoms with Crippen LogP contribution in [0.15, 0.2) is 29.8 Å². The van der Waals surface area contributed by atoms with Gasteiger partial charge in [0.1, 0.15) is 17.4 Å². The fraction of sp³-hybridized carbons (Fsp3) is 0.231. The number of hydrogen-bond donors (Lipinski definition) is 0. The van der Waals surface area contributed by atoms with Crippen LogP contribution in [0.5, 0.6) is 5.75 Å². The van der Waals surface area contributed by atoms with E-state index < -0.39 is 12.6 Å². The van der Waals surface area contributed by atoms with Crippen LogP contribution in [0.25, 0.3) is 6.08 Å². The standard InChI is InChI=1S/C13H11F2NO3/c1-2-18-12(17)10(8-16)6-9-4-3-5-11(7-9)19-13(14)15/h3-7,13H,2H2,1H3/b10-6+. The first-order valence-electron chi connectivity index (χ1n) is 5.40. The highest BCUT2D eigenvalue weighted by molar-refractivity contribution is 5.97. The molecule has 1 rings (SSSR count). The molecule has 0 bridgehead atoms. The Morgan fingerprint density at radius 3 is 2.84 bits per heavy atom. The molecule has 6 heteroatoms. The third kappa shape index (κ3) is 4.76. The minimum Gasteiger partial charge on any atom is -0.462 e. The van der Waals surface area contributed by atoms with Crippen molar-refractivity contribution in [2.75, 3.05) is 6.61 Å². The van der Waals surface area contributed by atoms with Crippen molar-refractivity contribution in [2.24, 2.45) is 0 Å². The van der Waals surface area contributed by atoms with E-state index in [1.165, 1.54) is 24.3 Å². The molecule has 0 fully saturated rings. The van der Waals surface area contributed by atoms with E-state index in [1.54, 1.807) is 19.1 Å². The SMILES string of the molecule is CCOC(=O)/C(C#N)=C/c1cccc(OC(F)F)c1. The number of alkyl halides is 2. The molecule has 100 valence electrons. The first-order valence-corrected chi connectivity index (χ1v) is 5.40. The van der Waals surface area contributed by atoms with E-state index in [4.69, 9.17) is 5.26 Å². The van der Waals surface area contributed by atoms with Crippen molar-refractivity contribution < 1.29 is 23.0 Å². The lowest BCUT2D eigenvalue weighted by Gasteiger charge is -2.05. The zero-order valence-electron chi connectivity index (χ0n) is 10.1. The minimum atomic E-state index is -2.93. The summed E-state index contributed by atoms with van der Waals surface area (Å²) in [5, 5.41) is 8.83. The maximum absolute atomic E-state index is 12.0. The lowest BCUT2D eigenvalue weighted by Crippen LogP contribution is -2.06. The summed E-state index contributed by atoms with van der Waals surface area (Å²) in [6, 6.07) is 7.36. The van der Waals surface area contributed by atoms with Crippen molar-refractivity contribution in [1.29, 1.82) is 5.26 Å². The molecule has 0 spiro atoms. The van der Waals surface area contributed by atoms with Gasteiger partial charge in [-0.3, -0.25) is 0 Å². The molecule has 0 saturated heterocycles. The molecule has 0 heterocycles. The van der Waals surface area contributed by atoms with Crippen LogP contribution < -0.4 is 4.74 Å². The summed E-state index contributed by atoms with van der Waals surface area (Å²) in [7, 11) is 0. The van der Waals surface area contributed by atoms with Crippen molar-refractivity contribution in [3.63, 3.8) is 0 Å². The molecule has 0 aromatic heterocycles.